The van der Waals surface area contributed by atoms with Crippen LogP contribution < -0.4 is 0 Å². The van der Waals surface area contributed by atoms with Gasteiger partial charge in [-0.05, 0) is 47.5 Å². The highest BCUT2D eigenvalue weighted by Crippen LogP contribution is 2.42. The molecule has 0 saturated carbocycles. The Hall–Kier alpha value is -2.59. The summed E-state index contributed by atoms with van der Waals surface area (Å²) in [4.78, 5) is 1.74. The molecule has 0 spiro atoms. The van der Waals surface area contributed by atoms with E-state index in [-0.39, 0.29) is 0 Å². The molecule has 3 nitrogen and oxygen atoms in total. The number of hydrogen-bond acceptors (Lipinski definition) is 1. The second kappa shape index (κ2) is 5.80. The van der Waals surface area contributed by atoms with Crippen molar-refractivity contribution in [3.63, 3.8) is 0 Å². The average molecular weight is 334 g/mol. The third kappa shape index (κ3) is 2.39. The maximum absolute atomic E-state index is 13.2. The summed E-state index contributed by atoms with van der Waals surface area (Å²) in [6.45, 7) is 0. The molecule has 0 saturated heterocycles. The van der Waals surface area contributed by atoms with Crippen LogP contribution in [-0.2, 0) is 24.9 Å². The SMILES string of the molecule is Cn1cccc1/C=C1\c2ccccc2/C(=C\c2cccn2C)S1=O. The highest BCUT2D eigenvalue weighted by atomic mass is 32.2. The van der Waals surface area contributed by atoms with Gasteiger partial charge in [0.15, 0.2) is 0 Å². The van der Waals surface area contributed by atoms with Crippen LogP contribution in [0.1, 0.15) is 22.5 Å². The first kappa shape index (κ1) is 15.0. The van der Waals surface area contributed by atoms with Crippen LogP contribution in [0.5, 0.6) is 0 Å². The zero-order valence-electron chi connectivity index (χ0n) is 13.6. The van der Waals surface area contributed by atoms with Crippen molar-refractivity contribution in [2.75, 3.05) is 0 Å². The van der Waals surface area contributed by atoms with E-state index in [2.05, 4.69) is 0 Å². The molecule has 1 aliphatic heterocycles. The van der Waals surface area contributed by atoms with Crippen molar-refractivity contribution in [1.82, 2.24) is 9.13 Å². The van der Waals surface area contributed by atoms with E-state index in [1.54, 1.807) is 0 Å². The standard InChI is InChI=1S/C20H18N2OS/c1-21-11-5-7-15(21)13-19-17-9-3-4-10-18(17)20(24(19)23)14-16-8-6-12-22(16)2/h3-14H,1-2H3/b19-13+,20-14+. The minimum atomic E-state index is -1.19. The molecule has 0 aliphatic carbocycles. The Morgan fingerprint density at radius 3 is 1.58 bits per heavy atom. The van der Waals surface area contributed by atoms with E-state index in [9.17, 15) is 4.21 Å². The normalized spacial score (nSPS) is 17.8. The lowest BCUT2D eigenvalue weighted by Crippen LogP contribution is -1.92. The molecule has 3 heterocycles. The van der Waals surface area contributed by atoms with Gasteiger partial charge < -0.3 is 9.13 Å². The van der Waals surface area contributed by atoms with Gasteiger partial charge in [0, 0.05) is 37.9 Å². The molecule has 0 N–H and O–H groups in total. The molecular weight excluding hydrogens is 316 g/mol. The largest absolute Gasteiger partial charge is 0.351 e. The van der Waals surface area contributed by atoms with Gasteiger partial charge in [-0.1, -0.05) is 24.3 Å². The van der Waals surface area contributed by atoms with Gasteiger partial charge in [0.1, 0.15) is 0 Å². The first-order valence-corrected chi connectivity index (χ1v) is 8.98. The van der Waals surface area contributed by atoms with Crippen LogP contribution in [-0.4, -0.2) is 13.3 Å². The molecule has 3 aromatic rings. The molecule has 120 valence electrons. The Morgan fingerprint density at radius 1 is 0.750 bits per heavy atom. The Balaban J connectivity index is 1.89. The van der Waals surface area contributed by atoms with Crippen molar-refractivity contribution < 1.29 is 4.21 Å². The predicted octanol–water partition coefficient (Wildman–Crippen LogP) is 4.12. The molecule has 1 aliphatic rings. The average Bonchev–Trinajstić information content (AvgIpc) is 3.24. The maximum atomic E-state index is 13.2. The van der Waals surface area contributed by atoms with Crippen molar-refractivity contribution in [3.05, 3.63) is 83.4 Å². The zero-order chi connectivity index (χ0) is 16.7. The number of fused-ring (bicyclic) bond motifs is 1. The van der Waals surface area contributed by atoms with Gasteiger partial charge in [-0.15, -0.1) is 0 Å². The first-order valence-electron chi connectivity index (χ1n) is 7.83. The number of rotatable bonds is 2. The fraction of sp³-hybridized carbons (Fsp3) is 0.100. The van der Waals surface area contributed by atoms with Gasteiger partial charge in [-0.3, -0.25) is 0 Å². The van der Waals surface area contributed by atoms with Crippen molar-refractivity contribution in [2.24, 2.45) is 14.1 Å². The van der Waals surface area contributed by atoms with Gasteiger partial charge in [0.05, 0.1) is 20.6 Å². The lowest BCUT2D eigenvalue weighted by atomic mass is 10.1. The Kier molecular flexibility index (Phi) is 3.62. The smallest absolute Gasteiger partial charge is 0.0863 e. The summed E-state index contributed by atoms with van der Waals surface area (Å²) in [6, 6.07) is 16.2. The third-order valence-corrected chi connectivity index (χ3v) is 5.86. The summed E-state index contributed by atoms with van der Waals surface area (Å²) < 4.78 is 17.3. The van der Waals surface area contributed by atoms with E-state index in [1.165, 1.54) is 0 Å². The molecule has 0 fully saturated rings. The fourth-order valence-electron chi connectivity index (χ4n) is 3.01. The van der Waals surface area contributed by atoms with Crippen LogP contribution in [0, 0.1) is 0 Å². The van der Waals surface area contributed by atoms with E-state index in [0.29, 0.717) is 0 Å². The molecule has 2 aromatic heterocycles. The molecule has 24 heavy (non-hydrogen) atoms. The molecule has 4 heteroatoms. The Bertz CT molecular complexity index is 925. The molecule has 1 aromatic carbocycles. The minimum Gasteiger partial charge on any atom is -0.351 e. The maximum Gasteiger partial charge on any atom is 0.0863 e. The molecule has 0 amide bonds. The topological polar surface area (TPSA) is 26.9 Å². The first-order chi connectivity index (χ1) is 11.6. The molecule has 0 atom stereocenters. The predicted molar refractivity (Wildman–Crippen MR) is 101 cm³/mol. The number of hydrogen-bond donors (Lipinski definition) is 0. The molecule has 0 unspecified atom stereocenters. The third-order valence-electron chi connectivity index (χ3n) is 4.38. The highest BCUT2D eigenvalue weighted by Gasteiger charge is 2.28. The van der Waals surface area contributed by atoms with Crippen molar-refractivity contribution in [3.8, 4) is 0 Å². The van der Waals surface area contributed by atoms with Crippen LogP contribution in [0.25, 0.3) is 22.0 Å². The van der Waals surface area contributed by atoms with Gasteiger partial charge in [-0.2, -0.15) is 0 Å². The molecule has 0 bridgehead atoms. The summed E-state index contributed by atoms with van der Waals surface area (Å²) in [7, 11) is 2.81. The summed E-state index contributed by atoms with van der Waals surface area (Å²) in [5, 5.41) is 0. The quantitative estimate of drug-likeness (QED) is 0.692. The van der Waals surface area contributed by atoms with Gasteiger partial charge in [-0.25, -0.2) is 4.21 Å². The molecule has 0 radical (unpaired) electrons. The van der Waals surface area contributed by atoms with Crippen LogP contribution in [0.2, 0.25) is 0 Å². The fourth-order valence-corrected chi connectivity index (χ4v) is 4.46. The summed E-state index contributed by atoms with van der Waals surface area (Å²) in [5.41, 5.74) is 4.21. The number of nitrogens with zero attached hydrogens (tertiary/aromatic N) is 2. The number of aryl methyl sites for hydroxylation is 2. The second-order valence-corrected chi connectivity index (χ2v) is 7.34. The van der Waals surface area contributed by atoms with E-state index >= 15 is 0 Å². The van der Waals surface area contributed by atoms with Crippen LogP contribution in [0.4, 0.5) is 0 Å². The van der Waals surface area contributed by atoms with Crippen LogP contribution >= 0.6 is 0 Å². The summed E-state index contributed by atoms with van der Waals surface area (Å²) in [6.07, 6.45) is 8.05. The van der Waals surface area contributed by atoms with Gasteiger partial charge >= 0.3 is 0 Å². The minimum absolute atomic E-state index is 0.868. The molecule has 4 rings (SSSR count). The van der Waals surface area contributed by atoms with Crippen molar-refractivity contribution >= 4 is 32.8 Å². The highest BCUT2D eigenvalue weighted by molar-refractivity contribution is 8.04. The monoisotopic (exact) mass is 334 g/mol. The van der Waals surface area contributed by atoms with Gasteiger partial charge in [0.2, 0.25) is 0 Å². The van der Waals surface area contributed by atoms with Gasteiger partial charge in [0.25, 0.3) is 0 Å². The van der Waals surface area contributed by atoms with E-state index in [0.717, 1.165) is 32.3 Å². The Labute approximate surface area is 144 Å². The summed E-state index contributed by atoms with van der Waals surface area (Å²) in [5.74, 6) is 0. The van der Waals surface area contributed by atoms with E-state index in [1.807, 2.05) is 96.3 Å². The van der Waals surface area contributed by atoms with Crippen LogP contribution in [0.15, 0.2) is 60.9 Å². The lowest BCUT2D eigenvalue weighted by Gasteiger charge is -2.01. The lowest BCUT2D eigenvalue weighted by molar-refractivity contribution is 0.695. The van der Waals surface area contributed by atoms with Crippen molar-refractivity contribution in [2.45, 2.75) is 0 Å². The van der Waals surface area contributed by atoms with E-state index in [4.69, 9.17) is 0 Å². The summed E-state index contributed by atoms with van der Waals surface area (Å²) >= 11 is 0. The second-order valence-electron chi connectivity index (χ2n) is 5.92. The van der Waals surface area contributed by atoms with Crippen LogP contribution in [0.3, 0.4) is 0 Å². The Morgan fingerprint density at radius 2 is 1.21 bits per heavy atom. The zero-order valence-corrected chi connectivity index (χ0v) is 14.5. The van der Waals surface area contributed by atoms with Crippen molar-refractivity contribution in [1.29, 1.82) is 0 Å². The molecular formula is C20H18N2OS. The number of benzene rings is 1. The number of aromatic nitrogens is 2. The van der Waals surface area contributed by atoms with E-state index < -0.39 is 10.8 Å².